The van der Waals surface area contributed by atoms with E-state index in [9.17, 15) is 8.42 Å². The number of aryl methyl sites for hydroxylation is 1. The van der Waals surface area contributed by atoms with E-state index in [1.165, 1.54) is 22.6 Å². The van der Waals surface area contributed by atoms with Crippen LogP contribution in [-0.2, 0) is 10.0 Å². The maximum atomic E-state index is 12.7. The van der Waals surface area contributed by atoms with Crippen LogP contribution in [0.2, 0.25) is 10.2 Å². The zero-order valence-electron chi connectivity index (χ0n) is 13.1. The van der Waals surface area contributed by atoms with E-state index in [2.05, 4.69) is 9.88 Å². The largest absolute Gasteiger partial charge is 0.369 e. The van der Waals surface area contributed by atoms with Gasteiger partial charge in [0.25, 0.3) is 0 Å². The summed E-state index contributed by atoms with van der Waals surface area (Å²) >= 11 is 11.7. The summed E-state index contributed by atoms with van der Waals surface area (Å²) in [5.74, 6) is 0. The second kappa shape index (κ2) is 6.88. The Kier molecular flexibility index (Phi) is 5.01. The number of hydrogen-bond acceptors (Lipinski definition) is 4. The zero-order chi connectivity index (χ0) is 17.3. The van der Waals surface area contributed by atoms with Crippen molar-refractivity contribution >= 4 is 38.9 Å². The molecule has 0 spiro atoms. The zero-order valence-corrected chi connectivity index (χ0v) is 15.4. The van der Waals surface area contributed by atoms with Gasteiger partial charge in [0.05, 0.1) is 0 Å². The third kappa shape index (κ3) is 3.52. The first-order chi connectivity index (χ1) is 11.4. The van der Waals surface area contributed by atoms with Crippen molar-refractivity contribution < 1.29 is 8.42 Å². The standard InChI is InChI=1S/C16H17Cl2N3O2S/c1-12-10-13(17)2-4-15(12)20-6-8-21(9-7-20)24(22,23)14-3-5-16(18)19-11-14/h2-5,10-11H,6-9H2,1H3. The van der Waals surface area contributed by atoms with Crippen LogP contribution in [-0.4, -0.2) is 43.9 Å². The van der Waals surface area contributed by atoms with Gasteiger partial charge in [0.15, 0.2) is 0 Å². The number of halogens is 2. The molecule has 1 aliphatic heterocycles. The van der Waals surface area contributed by atoms with Crippen LogP contribution >= 0.6 is 23.2 Å². The fraction of sp³-hybridized carbons (Fsp3) is 0.312. The number of nitrogens with zero attached hydrogens (tertiary/aromatic N) is 3. The van der Waals surface area contributed by atoms with Crippen molar-refractivity contribution in [2.24, 2.45) is 0 Å². The number of piperazine rings is 1. The monoisotopic (exact) mass is 385 g/mol. The van der Waals surface area contributed by atoms with E-state index in [0.29, 0.717) is 31.2 Å². The summed E-state index contributed by atoms with van der Waals surface area (Å²) in [6.45, 7) is 4.11. The van der Waals surface area contributed by atoms with Gasteiger partial charge < -0.3 is 4.90 Å². The predicted molar refractivity (Wildman–Crippen MR) is 96.4 cm³/mol. The van der Waals surface area contributed by atoms with Crippen molar-refractivity contribution in [3.63, 3.8) is 0 Å². The lowest BCUT2D eigenvalue weighted by Crippen LogP contribution is -2.48. The number of aromatic nitrogens is 1. The molecule has 0 atom stereocenters. The fourth-order valence-corrected chi connectivity index (χ4v) is 4.51. The van der Waals surface area contributed by atoms with Gasteiger partial charge in [-0.15, -0.1) is 0 Å². The van der Waals surface area contributed by atoms with Crippen molar-refractivity contribution in [3.05, 3.63) is 52.3 Å². The van der Waals surface area contributed by atoms with E-state index >= 15 is 0 Å². The third-order valence-electron chi connectivity index (χ3n) is 4.08. The number of hydrogen-bond donors (Lipinski definition) is 0. The molecular weight excluding hydrogens is 369 g/mol. The highest BCUT2D eigenvalue weighted by Gasteiger charge is 2.29. The van der Waals surface area contributed by atoms with Crippen LogP contribution in [0, 0.1) is 6.92 Å². The quantitative estimate of drug-likeness (QED) is 0.761. The minimum atomic E-state index is -3.54. The molecule has 3 rings (SSSR count). The molecule has 0 saturated carbocycles. The van der Waals surface area contributed by atoms with E-state index < -0.39 is 10.0 Å². The van der Waals surface area contributed by atoms with Crippen LogP contribution in [0.25, 0.3) is 0 Å². The smallest absolute Gasteiger partial charge is 0.244 e. The summed E-state index contributed by atoms with van der Waals surface area (Å²) in [5.41, 5.74) is 2.17. The van der Waals surface area contributed by atoms with Gasteiger partial charge in [0.1, 0.15) is 10.0 Å². The first-order valence-corrected chi connectivity index (χ1v) is 9.70. The molecular formula is C16H17Cl2N3O2S. The highest BCUT2D eigenvalue weighted by molar-refractivity contribution is 7.89. The molecule has 1 aliphatic rings. The van der Waals surface area contributed by atoms with Gasteiger partial charge in [-0.25, -0.2) is 13.4 Å². The Morgan fingerprint density at radius 1 is 1.04 bits per heavy atom. The molecule has 0 N–H and O–H groups in total. The summed E-state index contributed by atoms with van der Waals surface area (Å²) < 4.78 is 26.8. The van der Waals surface area contributed by atoms with Crippen molar-refractivity contribution in [2.75, 3.05) is 31.1 Å². The molecule has 24 heavy (non-hydrogen) atoms. The molecule has 5 nitrogen and oxygen atoms in total. The van der Waals surface area contributed by atoms with Crippen LogP contribution in [0.1, 0.15) is 5.56 Å². The van der Waals surface area contributed by atoms with Crippen LogP contribution in [0.4, 0.5) is 5.69 Å². The second-order valence-corrected chi connectivity index (χ2v) is 8.40. The van der Waals surface area contributed by atoms with Gasteiger partial charge in [0, 0.05) is 43.1 Å². The molecule has 0 amide bonds. The average molecular weight is 386 g/mol. The molecule has 2 aromatic rings. The molecule has 8 heteroatoms. The van der Waals surface area contributed by atoms with Gasteiger partial charge in [-0.05, 0) is 42.8 Å². The highest BCUT2D eigenvalue weighted by Crippen LogP contribution is 2.26. The molecule has 1 saturated heterocycles. The highest BCUT2D eigenvalue weighted by atomic mass is 35.5. The second-order valence-electron chi connectivity index (χ2n) is 5.64. The Bertz CT molecular complexity index is 833. The topological polar surface area (TPSA) is 53.5 Å². The van der Waals surface area contributed by atoms with Gasteiger partial charge in [-0.1, -0.05) is 23.2 Å². The fourth-order valence-electron chi connectivity index (χ4n) is 2.81. The normalized spacial score (nSPS) is 16.4. The summed E-state index contributed by atoms with van der Waals surface area (Å²) in [5, 5.41) is 0.977. The maximum Gasteiger partial charge on any atom is 0.244 e. The lowest BCUT2D eigenvalue weighted by atomic mass is 10.1. The molecule has 1 aromatic carbocycles. The van der Waals surface area contributed by atoms with Crippen molar-refractivity contribution in [3.8, 4) is 0 Å². The van der Waals surface area contributed by atoms with Crippen LogP contribution in [0.15, 0.2) is 41.4 Å². The van der Waals surface area contributed by atoms with Crippen molar-refractivity contribution in [2.45, 2.75) is 11.8 Å². The molecule has 2 heterocycles. The molecule has 1 aromatic heterocycles. The van der Waals surface area contributed by atoms with Crippen molar-refractivity contribution in [1.82, 2.24) is 9.29 Å². The minimum absolute atomic E-state index is 0.169. The van der Waals surface area contributed by atoms with E-state index in [1.807, 2.05) is 25.1 Å². The lowest BCUT2D eigenvalue weighted by molar-refractivity contribution is 0.384. The minimum Gasteiger partial charge on any atom is -0.369 e. The van der Waals surface area contributed by atoms with Crippen LogP contribution in [0.3, 0.4) is 0 Å². The van der Waals surface area contributed by atoms with E-state index in [-0.39, 0.29) is 10.0 Å². The SMILES string of the molecule is Cc1cc(Cl)ccc1N1CCN(S(=O)(=O)c2ccc(Cl)nc2)CC1. The Morgan fingerprint density at radius 2 is 1.75 bits per heavy atom. The van der Waals surface area contributed by atoms with E-state index in [0.717, 1.165) is 11.3 Å². The average Bonchev–Trinajstić information content (AvgIpc) is 2.55. The third-order valence-corrected chi connectivity index (χ3v) is 6.42. The van der Waals surface area contributed by atoms with Crippen LogP contribution < -0.4 is 4.90 Å². The maximum absolute atomic E-state index is 12.7. The number of sulfonamides is 1. The number of rotatable bonds is 3. The predicted octanol–water partition coefficient (Wildman–Crippen LogP) is 3.21. The summed E-state index contributed by atoms with van der Waals surface area (Å²) in [6.07, 6.45) is 1.30. The van der Waals surface area contributed by atoms with Gasteiger partial charge in [-0.2, -0.15) is 4.31 Å². The Hall–Kier alpha value is -1.34. The Balaban J connectivity index is 1.73. The molecule has 1 fully saturated rings. The Morgan fingerprint density at radius 3 is 2.33 bits per heavy atom. The molecule has 0 radical (unpaired) electrons. The molecule has 0 unspecified atom stereocenters. The number of anilines is 1. The summed E-state index contributed by atoms with van der Waals surface area (Å²) in [7, 11) is -3.54. The number of benzene rings is 1. The van der Waals surface area contributed by atoms with Gasteiger partial charge in [-0.3, -0.25) is 0 Å². The Labute approximate surface area is 151 Å². The summed E-state index contributed by atoms with van der Waals surface area (Å²) in [6, 6.07) is 8.72. The number of pyridine rings is 1. The first kappa shape index (κ1) is 17.5. The summed E-state index contributed by atoms with van der Waals surface area (Å²) in [4.78, 5) is 6.21. The molecule has 0 aliphatic carbocycles. The first-order valence-electron chi connectivity index (χ1n) is 7.51. The van der Waals surface area contributed by atoms with E-state index in [4.69, 9.17) is 23.2 Å². The van der Waals surface area contributed by atoms with Crippen LogP contribution in [0.5, 0.6) is 0 Å². The van der Waals surface area contributed by atoms with Gasteiger partial charge in [0.2, 0.25) is 10.0 Å². The van der Waals surface area contributed by atoms with Gasteiger partial charge >= 0.3 is 0 Å². The molecule has 128 valence electrons. The van der Waals surface area contributed by atoms with Crippen molar-refractivity contribution in [1.29, 1.82) is 0 Å². The molecule has 0 bridgehead atoms. The van der Waals surface area contributed by atoms with E-state index in [1.54, 1.807) is 0 Å². The lowest BCUT2D eigenvalue weighted by Gasteiger charge is -2.36.